The normalized spacial score (nSPS) is 11.1. The fourth-order valence-electron chi connectivity index (χ4n) is 2.32. The van der Waals surface area contributed by atoms with Crippen LogP contribution in [0.2, 0.25) is 5.02 Å². The zero-order valence-corrected chi connectivity index (χ0v) is 14.2. The van der Waals surface area contributed by atoms with E-state index >= 15 is 0 Å². The molecule has 1 radical (unpaired) electrons. The third-order valence-corrected chi connectivity index (χ3v) is 5.17. The Hall–Kier alpha value is -1.71. The van der Waals surface area contributed by atoms with E-state index in [4.69, 9.17) is 11.6 Å². The molecule has 0 amide bonds. The Kier molecular flexibility index (Phi) is 4.02. The standard InChI is InChI=1S/C18H15ClNOS/c1-10-8-16-15(18(21)11(2)12(3)20-16)9-17(10)22-14-6-4-13(19)5-7-14/h4-9H,1-3H3. The first-order chi connectivity index (χ1) is 10.5. The summed E-state index contributed by atoms with van der Waals surface area (Å²) >= 11 is 7.55. The molecule has 3 rings (SSSR count). The fourth-order valence-corrected chi connectivity index (χ4v) is 3.37. The maximum atomic E-state index is 12.4. The van der Waals surface area contributed by atoms with Crippen molar-refractivity contribution in [3.05, 3.63) is 58.2 Å². The van der Waals surface area contributed by atoms with Crippen molar-refractivity contribution in [2.45, 2.75) is 30.6 Å². The average molecular weight is 329 g/mol. The van der Waals surface area contributed by atoms with Gasteiger partial charge in [0.15, 0.2) is 5.75 Å². The van der Waals surface area contributed by atoms with E-state index in [9.17, 15) is 5.11 Å². The molecule has 0 saturated carbocycles. The van der Waals surface area contributed by atoms with E-state index in [0.717, 1.165) is 37.2 Å². The number of fused-ring (bicyclic) bond motifs is 1. The summed E-state index contributed by atoms with van der Waals surface area (Å²) in [6.07, 6.45) is 0. The van der Waals surface area contributed by atoms with Gasteiger partial charge >= 0.3 is 0 Å². The van der Waals surface area contributed by atoms with Gasteiger partial charge < -0.3 is 0 Å². The molecular weight excluding hydrogens is 314 g/mol. The molecule has 3 aromatic rings. The summed E-state index contributed by atoms with van der Waals surface area (Å²) in [6, 6.07) is 11.6. The first-order valence-electron chi connectivity index (χ1n) is 6.97. The van der Waals surface area contributed by atoms with Crippen molar-refractivity contribution in [3.63, 3.8) is 0 Å². The Morgan fingerprint density at radius 1 is 1.05 bits per heavy atom. The van der Waals surface area contributed by atoms with Crippen LogP contribution < -0.4 is 0 Å². The van der Waals surface area contributed by atoms with Crippen molar-refractivity contribution in [2.24, 2.45) is 0 Å². The molecule has 0 atom stereocenters. The van der Waals surface area contributed by atoms with Crippen LogP contribution in [0, 0.1) is 20.8 Å². The lowest BCUT2D eigenvalue weighted by Gasteiger charge is -2.10. The summed E-state index contributed by atoms with van der Waals surface area (Å²) < 4.78 is 0. The van der Waals surface area contributed by atoms with Gasteiger partial charge in [0.25, 0.3) is 0 Å². The molecular formula is C18H15ClNOS. The first-order valence-corrected chi connectivity index (χ1v) is 8.17. The third kappa shape index (κ3) is 2.79. The SMILES string of the molecule is Cc1cc2nc(C)c(C)c([O])c2cc1Sc1ccc(Cl)cc1. The summed E-state index contributed by atoms with van der Waals surface area (Å²) in [5.74, 6) is 0.0699. The van der Waals surface area contributed by atoms with Gasteiger partial charge in [0.1, 0.15) is 0 Å². The van der Waals surface area contributed by atoms with Crippen molar-refractivity contribution in [2.75, 3.05) is 0 Å². The van der Waals surface area contributed by atoms with Gasteiger partial charge in [-0.3, -0.25) is 10.1 Å². The van der Waals surface area contributed by atoms with Crippen molar-refractivity contribution >= 4 is 34.3 Å². The molecule has 2 aromatic carbocycles. The number of hydrogen-bond donors (Lipinski definition) is 0. The summed E-state index contributed by atoms with van der Waals surface area (Å²) in [5.41, 5.74) is 3.41. The molecule has 2 nitrogen and oxygen atoms in total. The molecule has 0 N–H and O–H groups in total. The monoisotopic (exact) mass is 328 g/mol. The largest absolute Gasteiger partial charge is 0.289 e. The van der Waals surface area contributed by atoms with E-state index in [1.54, 1.807) is 11.8 Å². The molecule has 0 spiro atoms. The molecule has 0 bridgehead atoms. The fraction of sp³-hybridized carbons (Fsp3) is 0.167. The Bertz CT molecular complexity index is 859. The Labute approximate surface area is 139 Å². The lowest BCUT2D eigenvalue weighted by molar-refractivity contribution is 0.356. The molecule has 22 heavy (non-hydrogen) atoms. The molecule has 111 valence electrons. The molecule has 4 heteroatoms. The average Bonchev–Trinajstić information content (AvgIpc) is 2.49. The Morgan fingerprint density at radius 2 is 1.73 bits per heavy atom. The van der Waals surface area contributed by atoms with Crippen LogP contribution >= 0.6 is 23.4 Å². The van der Waals surface area contributed by atoms with E-state index < -0.39 is 0 Å². The second-order valence-electron chi connectivity index (χ2n) is 5.34. The number of benzene rings is 2. The minimum Gasteiger partial charge on any atom is -0.289 e. The van der Waals surface area contributed by atoms with Gasteiger partial charge in [-0.1, -0.05) is 23.4 Å². The maximum Gasteiger partial charge on any atom is 0.192 e. The predicted octanol–water partition coefficient (Wildman–Crippen LogP) is 6.11. The lowest BCUT2D eigenvalue weighted by Crippen LogP contribution is -1.91. The second-order valence-corrected chi connectivity index (χ2v) is 6.89. The predicted molar refractivity (Wildman–Crippen MR) is 91.7 cm³/mol. The summed E-state index contributed by atoms with van der Waals surface area (Å²) in [6.45, 7) is 5.75. The van der Waals surface area contributed by atoms with Crippen LogP contribution in [0.25, 0.3) is 10.9 Å². The van der Waals surface area contributed by atoms with Gasteiger partial charge in [0.05, 0.1) is 5.52 Å². The van der Waals surface area contributed by atoms with Gasteiger partial charge in [-0.25, -0.2) is 0 Å². The van der Waals surface area contributed by atoms with E-state index in [-0.39, 0.29) is 5.75 Å². The highest BCUT2D eigenvalue weighted by molar-refractivity contribution is 7.99. The minimum atomic E-state index is 0.0699. The summed E-state index contributed by atoms with van der Waals surface area (Å²) in [7, 11) is 0. The van der Waals surface area contributed by atoms with Crippen LogP contribution in [-0.4, -0.2) is 4.98 Å². The molecule has 0 unspecified atom stereocenters. The van der Waals surface area contributed by atoms with Crippen LogP contribution in [0.15, 0.2) is 46.2 Å². The number of pyridine rings is 1. The molecule has 0 fully saturated rings. The number of rotatable bonds is 2. The molecule has 0 aliphatic carbocycles. The van der Waals surface area contributed by atoms with Crippen LogP contribution in [0.4, 0.5) is 0 Å². The number of halogens is 1. The van der Waals surface area contributed by atoms with Crippen molar-refractivity contribution in [3.8, 4) is 5.75 Å². The lowest BCUT2D eigenvalue weighted by atomic mass is 10.1. The number of nitrogens with zero attached hydrogens (tertiary/aromatic N) is 1. The minimum absolute atomic E-state index is 0.0699. The number of aromatic nitrogens is 1. The quantitative estimate of drug-likeness (QED) is 0.568. The molecule has 1 aromatic heterocycles. The Morgan fingerprint density at radius 3 is 2.41 bits per heavy atom. The number of hydrogen-bond acceptors (Lipinski definition) is 2. The van der Waals surface area contributed by atoms with Crippen LogP contribution in [0.1, 0.15) is 16.8 Å². The highest BCUT2D eigenvalue weighted by atomic mass is 35.5. The van der Waals surface area contributed by atoms with Gasteiger partial charge in [-0.2, -0.15) is 0 Å². The first kappa shape index (κ1) is 15.2. The maximum absolute atomic E-state index is 12.4. The van der Waals surface area contributed by atoms with Gasteiger partial charge in [0.2, 0.25) is 0 Å². The topological polar surface area (TPSA) is 32.8 Å². The van der Waals surface area contributed by atoms with Gasteiger partial charge in [-0.15, -0.1) is 0 Å². The van der Waals surface area contributed by atoms with Crippen LogP contribution in [-0.2, 0) is 5.11 Å². The summed E-state index contributed by atoms with van der Waals surface area (Å²) in [4.78, 5) is 6.69. The van der Waals surface area contributed by atoms with Crippen molar-refractivity contribution < 1.29 is 5.11 Å². The highest BCUT2D eigenvalue weighted by Crippen LogP contribution is 2.37. The molecule has 0 aliphatic rings. The Balaban J connectivity index is 2.10. The number of aryl methyl sites for hydroxylation is 2. The molecule has 0 aliphatic heterocycles. The van der Waals surface area contributed by atoms with Crippen molar-refractivity contribution in [1.82, 2.24) is 4.98 Å². The molecule has 0 saturated heterocycles. The van der Waals surface area contributed by atoms with E-state index in [0.29, 0.717) is 5.39 Å². The zero-order chi connectivity index (χ0) is 15.9. The van der Waals surface area contributed by atoms with E-state index in [2.05, 4.69) is 4.98 Å². The highest BCUT2D eigenvalue weighted by Gasteiger charge is 2.13. The zero-order valence-electron chi connectivity index (χ0n) is 12.6. The smallest absolute Gasteiger partial charge is 0.192 e. The van der Waals surface area contributed by atoms with Gasteiger partial charge in [-0.05, 0) is 62.7 Å². The van der Waals surface area contributed by atoms with Crippen LogP contribution in [0.5, 0.6) is 5.75 Å². The van der Waals surface area contributed by atoms with E-state index in [1.807, 2.05) is 57.2 Å². The van der Waals surface area contributed by atoms with E-state index in [1.165, 1.54) is 0 Å². The molecule has 1 heterocycles. The third-order valence-electron chi connectivity index (χ3n) is 3.75. The van der Waals surface area contributed by atoms with Crippen LogP contribution in [0.3, 0.4) is 0 Å². The van der Waals surface area contributed by atoms with Crippen molar-refractivity contribution in [1.29, 1.82) is 0 Å². The summed E-state index contributed by atoms with van der Waals surface area (Å²) in [5, 5.41) is 13.8. The van der Waals surface area contributed by atoms with Gasteiger partial charge in [0, 0.05) is 31.5 Å². The second kappa shape index (κ2) is 5.82.